The Labute approximate surface area is 128 Å². The number of rotatable bonds is 6. The van der Waals surface area contributed by atoms with E-state index in [0.29, 0.717) is 29.5 Å². The average molecular weight is 310 g/mol. The summed E-state index contributed by atoms with van der Waals surface area (Å²) in [5, 5.41) is 0.607. The molecule has 2 N–H and O–H groups in total. The minimum atomic E-state index is -0.300. The molecule has 0 amide bonds. The van der Waals surface area contributed by atoms with Crippen molar-refractivity contribution < 1.29 is 13.9 Å². The van der Waals surface area contributed by atoms with E-state index in [1.807, 2.05) is 0 Å². The smallest absolute Gasteiger partial charge is 0.125 e. The Balaban J connectivity index is 2.18. The quantitative estimate of drug-likeness (QED) is 0.887. The highest BCUT2D eigenvalue weighted by molar-refractivity contribution is 6.30. The minimum absolute atomic E-state index is 0.285. The number of hydrogen-bond acceptors (Lipinski definition) is 3. The van der Waals surface area contributed by atoms with Gasteiger partial charge in [-0.3, -0.25) is 0 Å². The molecular weight excluding hydrogens is 293 g/mol. The van der Waals surface area contributed by atoms with Gasteiger partial charge in [-0.25, -0.2) is 4.39 Å². The van der Waals surface area contributed by atoms with E-state index < -0.39 is 0 Å². The molecule has 0 fully saturated rings. The summed E-state index contributed by atoms with van der Waals surface area (Å²) in [5.74, 6) is 1.01. The van der Waals surface area contributed by atoms with Crippen molar-refractivity contribution in [3.63, 3.8) is 0 Å². The fourth-order valence-electron chi connectivity index (χ4n) is 2.06. The summed E-state index contributed by atoms with van der Waals surface area (Å²) < 4.78 is 24.3. The third-order valence-electron chi connectivity index (χ3n) is 3.06. The van der Waals surface area contributed by atoms with Crippen molar-refractivity contribution in [3.05, 3.63) is 58.4 Å². The van der Waals surface area contributed by atoms with Gasteiger partial charge in [-0.2, -0.15) is 0 Å². The lowest BCUT2D eigenvalue weighted by Gasteiger charge is -2.13. The van der Waals surface area contributed by atoms with Crippen LogP contribution in [0.1, 0.15) is 11.1 Å². The Morgan fingerprint density at radius 3 is 2.57 bits per heavy atom. The maximum absolute atomic E-state index is 13.3. The largest absolute Gasteiger partial charge is 0.496 e. The molecule has 2 rings (SSSR count). The molecule has 112 valence electrons. The van der Waals surface area contributed by atoms with Crippen molar-refractivity contribution in [1.29, 1.82) is 0 Å². The number of hydrogen-bond donors (Lipinski definition) is 1. The average Bonchev–Trinajstić information content (AvgIpc) is 2.47. The molecule has 0 atom stereocenters. The molecule has 0 aliphatic carbocycles. The van der Waals surface area contributed by atoms with Gasteiger partial charge in [0.2, 0.25) is 0 Å². The number of halogens is 2. The molecule has 0 saturated heterocycles. The topological polar surface area (TPSA) is 44.5 Å². The molecule has 0 aliphatic heterocycles. The Morgan fingerprint density at radius 2 is 1.86 bits per heavy atom. The second kappa shape index (κ2) is 7.29. The summed E-state index contributed by atoms with van der Waals surface area (Å²) >= 11 is 5.98. The van der Waals surface area contributed by atoms with Crippen molar-refractivity contribution in [3.8, 4) is 11.5 Å². The molecule has 0 radical (unpaired) electrons. The summed E-state index contributed by atoms with van der Waals surface area (Å²) in [5.41, 5.74) is 7.11. The van der Waals surface area contributed by atoms with Crippen LogP contribution in [0.2, 0.25) is 5.02 Å². The minimum Gasteiger partial charge on any atom is -0.496 e. The van der Waals surface area contributed by atoms with Crippen LogP contribution in [0.4, 0.5) is 4.39 Å². The summed E-state index contributed by atoms with van der Waals surface area (Å²) in [6.07, 6.45) is 0.555. The first-order valence-electron chi connectivity index (χ1n) is 6.57. The van der Waals surface area contributed by atoms with Gasteiger partial charge in [0, 0.05) is 10.6 Å². The van der Waals surface area contributed by atoms with E-state index in [1.165, 1.54) is 12.1 Å². The van der Waals surface area contributed by atoms with E-state index in [9.17, 15) is 4.39 Å². The first kappa shape index (κ1) is 15.6. The van der Waals surface area contributed by atoms with Gasteiger partial charge in [0.15, 0.2) is 0 Å². The Morgan fingerprint density at radius 1 is 1.10 bits per heavy atom. The fraction of sp³-hybridized carbons (Fsp3) is 0.250. The fourth-order valence-corrected chi connectivity index (χ4v) is 2.25. The summed E-state index contributed by atoms with van der Waals surface area (Å²) in [6.45, 7) is 0.716. The third kappa shape index (κ3) is 4.09. The van der Waals surface area contributed by atoms with Crippen LogP contribution in [0.15, 0.2) is 36.4 Å². The molecule has 0 aromatic heterocycles. The van der Waals surface area contributed by atoms with Crippen molar-refractivity contribution in [1.82, 2.24) is 0 Å². The van der Waals surface area contributed by atoms with Gasteiger partial charge < -0.3 is 15.2 Å². The molecule has 3 nitrogen and oxygen atoms in total. The van der Waals surface area contributed by atoms with Crippen LogP contribution < -0.4 is 15.2 Å². The molecule has 0 bridgehead atoms. The van der Waals surface area contributed by atoms with Gasteiger partial charge in [-0.1, -0.05) is 11.6 Å². The lowest BCUT2D eigenvalue weighted by molar-refractivity contribution is 0.293. The van der Waals surface area contributed by atoms with Gasteiger partial charge in [0.25, 0.3) is 0 Å². The zero-order valence-corrected chi connectivity index (χ0v) is 12.5. The summed E-state index contributed by atoms with van der Waals surface area (Å²) in [4.78, 5) is 0. The van der Waals surface area contributed by atoms with Crippen LogP contribution >= 0.6 is 11.6 Å². The second-order valence-corrected chi connectivity index (χ2v) is 4.97. The number of benzene rings is 2. The Bertz CT molecular complexity index is 619. The number of nitrogens with two attached hydrogens (primary N) is 1. The first-order chi connectivity index (χ1) is 10.1. The van der Waals surface area contributed by atoms with Crippen LogP contribution in [0.3, 0.4) is 0 Å². The van der Waals surface area contributed by atoms with Gasteiger partial charge in [0.05, 0.1) is 7.11 Å². The normalized spacial score (nSPS) is 10.5. The van der Waals surface area contributed by atoms with E-state index >= 15 is 0 Å². The van der Waals surface area contributed by atoms with Crippen molar-refractivity contribution >= 4 is 11.6 Å². The molecule has 21 heavy (non-hydrogen) atoms. The molecule has 0 spiro atoms. The van der Waals surface area contributed by atoms with Crippen LogP contribution in [0.5, 0.6) is 11.5 Å². The molecular formula is C16H17ClFNO2. The predicted octanol–water partition coefficient (Wildman–Crippen LogP) is 3.57. The highest BCUT2D eigenvalue weighted by atomic mass is 35.5. The predicted molar refractivity (Wildman–Crippen MR) is 81.5 cm³/mol. The Kier molecular flexibility index (Phi) is 5.42. The maximum atomic E-state index is 13.3. The highest BCUT2D eigenvalue weighted by Gasteiger charge is 2.08. The van der Waals surface area contributed by atoms with Crippen LogP contribution in [-0.2, 0) is 13.0 Å². The van der Waals surface area contributed by atoms with E-state index in [2.05, 4.69) is 0 Å². The molecule has 0 heterocycles. The lowest BCUT2D eigenvalue weighted by atomic mass is 10.1. The molecule has 5 heteroatoms. The molecule has 0 unspecified atom stereocenters. The SMILES string of the molecule is COc1ccc(Cl)cc1COc1ccc(F)cc1CCN. The molecule has 2 aromatic carbocycles. The standard InChI is InChI=1S/C16H17ClFNO2/c1-20-15-4-2-13(17)8-12(15)10-21-16-5-3-14(18)9-11(16)6-7-19/h2-5,8-9H,6-7,10,19H2,1H3. The Hall–Kier alpha value is -1.78. The highest BCUT2D eigenvalue weighted by Crippen LogP contribution is 2.26. The first-order valence-corrected chi connectivity index (χ1v) is 6.95. The second-order valence-electron chi connectivity index (χ2n) is 4.54. The zero-order chi connectivity index (χ0) is 15.2. The van der Waals surface area contributed by atoms with E-state index in [1.54, 1.807) is 31.4 Å². The van der Waals surface area contributed by atoms with Crippen molar-refractivity contribution in [2.24, 2.45) is 5.73 Å². The molecule has 0 aliphatic rings. The van der Waals surface area contributed by atoms with E-state index in [0.717, 1.165) is 11.1 Å². The summed E-state index contributed by atoms with van der Waals surface area (Å²) in [6, 6.07) is 9.74. The monoisotopic (exact) mass is 309 g/mol. The third-order valence-corrected chi connectivity index (χ3v) is 3.30. The molecule has 0 saturated carbocycles. The maximum Gasteiger partial charge on any atom is 0.125 e. The van der Waals surface area contributed by atoms with E-state index in [4.69, 9.17) is 26.8 Å². The van der Waals surface area contributed by atoms with Crippen LogP contribution in [-0.4, -0.2) is 13.7 Å². The van der Waals surface area contributed by atoms with E-state index in [-0.39, 0.29) is 12.4 Å². The van der Waals surface area contributed by atoms with Gasteiger partial charge in [-0.15, -0.1) is 0 Å². The van der Waals surface area contributed by atoms with Gasteiger partial charge in [-0.05, 0) is 54.9 Å². The van der Waals surface area contributed by atoms with Gasteiger partial charge in [0.1, 0.15) is 23.9 Å². The molecule has 2 aromatic rings. The van der Waals surface area contributed by atoms with Gasteiger partial charge >= 0.3 is 0 Å². The van der Waals surface area contributed by atoms with Crippen molar-refractivity contribution in [2.45, 2.75) is 13.0 Å². The van der Waals surface area contributed by atoms with Crippen LogP contribution in [0.25, 0.3) is 0 Å². The summed E-state index contributed by atoms with van der Waals surface area (Å²) in [7, 11) is 1.59. The number of methoxy groups -OCH3 is 1. The van der Waals surface area contributed by atoms with Crippen LogP contribution in [0, 0.1) is 5.82 Å². The number of ether oxygens (including phenoxy) is 2. The lowest BCUT2D eigenvalue weighted by Crippen LogP contribution is -2.06. The van der Waals surface area contributed by atoms with Crippen molar-refractivity contribution in [2.75, 3.05) is 13.7 Å². The zero-order valence-electron chi connectivity index (χ0n) is 11.7.